The van der Waals surface area contributed by atoms with E-state index in [1.165, 1.54) is 0 Å². The van der Waals surface area contributed by atoms with Crippen LogP contribution >= 0.6 is 24.8 Å². The molecule has 0 spiro atoms. The molecule has 1 atom stereocenters. The third kappa shape index (κ3) is 6.36. The van der Waals surface area contributed by atoms with Crippen LogP contribution in [0.1, 0.15) is 35.2 Å². The van der Waals surface area contributed by atoms with Crippen LogP contribution in [-0.2, 0) is 13.1 Å². The van der Waals surface area contributed by atoms with Gasteiger partial charge in [0, 0.05) is 38.2 Å². The number of carbonyl (C=O) groups is 1. The van der Waals surface area contributed by atoms with E-state index in [1.54, 1.807) is 17.1 Å². The van der Waals surface area contributed by atoms with Crippen molar-refractivity contribution >= 4 is 30.7 Å². The molecule has 7 nitrogen and oxygen atoms in total. The lowest BCUT2D eigenvalue weighted by atomic mass is 9.99. The van der Waals surface area contributed by atoms with Crippen molar-refractivity contribution in [2.75, 3.05) is 19.6 Å². The van der Waals surface area contributed by atoms with E-state index in [9.17, 15) is 9.59 Å². The summed E-state index contributed by atoms with van der Waals surface area (Å²) in [6.07, 6.45) is 10.2. The highest BCUT2D eigenvalue weighted by molar-refractivity contribution is 5.95. The smallest absolute Gasteiger partial charge is 0.263 e. The molecule has 1 aliphatic heterocycles. The zero-order valence-electron chi connectivity index (χ0n) is 16.1. The van der Waals surface area contributed by atoms with Crippen molar-refractivity contribution < 1.29 is 4.79 Å². The van der Waals surface area contributed by atoms with Gasteiger partial charge in [0.2, 0.25) is 0 Å². The molecule has 0 bridgehead atoms. The summed E-state index contributed by atoms with van der Waals surface area (Å²) in [6, 6.07) is 1.86. The van der Waals surface area contributed by atoms with E-state index in [1.807, 2.05) is 30.0 Å². The number of aryl methyl sites for hydroxylation is 2. The van der Waals surface area contributed by atoms with Gasteiger partial charge < -0.3 is 19.8 Å². The Hall–Kier alpha value is -1.83. The first kappa shape index (κ1) is 24.2. The zero-order chi connectivity index (χ0) is 18.4. The van der Waals surface area contributed by atoms with Crippen molar-refractivity contribution in [2.45, 2.75) is 39.3 Å². The van der Waals surface area contributed by atoms with Gasteiger partial charge in [-0.25, -0.2) is 4.98 Å². The lowest BCUT2D eigenvalue weighted by Crippen LogP contribution is -2.38. The zero-order valence-corrected chi connectivity index (χ0v) is 17.7. The van der Waals surface area contributed by atoms with Crippen LogP contribution in [0.25, 0.3) is 0 Å². The van der Waals surface area contributed by atoms with Crippen molar-refractivity contribution in [2.24, 2.45) is 5.92 Å². The fourth-order valence-corrected chi connectivity index (χ4v) is 3.41. The summed E-state index contributed by atoms with van der Waals surface area (Å²) in [5.41, 5.74) is 0.793. The molecule has 2 aromatic rings. The van der Waals surface area contributed by atoms with Crippen molar-refractivity contribution in [1.82, 2.24) is 24.8 Å². The van der Waals surface area contributed by atoms with Crippen LogP contribution in [0.3, 0.4) is 0 Å². The fraction of sp³-hybridized carbons (Fsp3) is 0.526. The monoisotopic (exact) mass is 429 g/mol. The van der Waals surface area contributed by atoms with Crippen LogP contribution in [-0.4, -0.2) is 39.7 Å². The van der Waals surface area contributed by atoms with Crippen molar-refractivity contribution in [3.05, 3.63) is 52.5 Å². The largest absolute Gasteiger partial charge is 0.352 e. The summed E-state index contributed by atoms with van der Waals surface area (Å²) >= 11 is 0. The normalized spacial score (nSPS) is 16.0. The average Bonchev–Trinajstić information content (AvgIpc) is 3.16. The van der Waals surface area contributed by atoms with Crippen molar-refractivity contribution in [3.63, 3.8) is 0 Å². The van der Waals surface area contributed by atoms with Gasteiger partial charge in [0.05, 0.1) is 6.33 Å². The van der Waals surface area contributed by atoms with Gasteiger partial charge in [0.15, 0.2) is 0 Å². The molecule has 1 unspecified atom stereocenters. The molecule has 0 saturated carbocycles. The maximum Gasteiger partial charge on any atom is 0.263 e. The molecule has 28 heavy (non-hydrogen) atoms. The molecule has 0 radical (unpaired) electrons. The van der Waals surface area contributed by atoms with Crippen molar-refractivity contribution in [3.8, 4) is 0 Å². The molecule has 1 amide bonds. The van der Waals surface area contributed by atoms with Crippen LogP contribution in [0, 0.1) is 12.8 Å². The number of pyridine rings is 1. The number of halogens is 2. The molecule has 0 aliphatic carbocycles. The lowest BCUT2D eigenvalue weighted by molar-refractivity contribution is 0.0949. The minimum Gasteiger partial charge on any atom is -0.352 e. The molecule has 3 rings (SSSR count). The predicted octanol–water partition coefficient (Wildman–Crippen LogP) is 2.02. The number of rotatable bonds is 7. The number of piperidine rings is 1. The highest BCUT2D eigenvalue weighted by atomic mass is 35.5. The molecule has 1 fully saturated rings. The SMILES string of the molecule is Cc1ccn(CC2CCCNC2)c(=O)c1C(=O)NCCCn1ccnc1.Cl.Cl. The molecule has 3 heterocycles. The first-order chi connectivity index (χ1) is 12.6. The summed E-state index contributed by atoms with van der Waals surface area (Å²) in [5.74, 6) is 0.157. The number of imidazole rings is 1. The summed E-state index contributed by atoms with van der Waals surface area (Å²) < 4.78 is 3.65. The quantitative estimate of drug-likeness (QED) is 0.659. The van der Waals surface area contributed by atoms with Crippen LogP contribution in [0.2, 0.25) is 0 Å². The third-order valence-corrected chi connectivity index (χ3v) is 4.89. The van der Waals surface area contributed by atoms with Crippen LogP contribution in [0.15, 0.2) is 35.8 Å². The van der Waals surface area contributed by atoms with Crippen LogP contribution in [0.5, 0.6) is 0 Å². The Bertz CT molecular complexity index is 786. The van der Waals surface area contributed by atoms with Crippen LogP contribution in [0.4, 0.5) is 0 Å². The molecule has 0 aromatic carbocycles. The van der Waals surface area contributed by atoms with E-state index >= 15 is 0 Å². The summed E-state index contributed by atoms with van der Waals surface area (Å²) in [7, 11) is 0. The summed E-state index contributed by atoms with van der Waals surface area (Å²) in [5, 5.41) is 6.24. The molecule has 2 aromatic heterocycles. The van der Waals surface area contributed by atoms with Gasteiger partial charge >= 0.3 is 0 Å². The fourth-order valence-electron chi connectivity index (χ4n) is 3.41. The first-order valence-corrected chi connectivity index (χ1v) is 9.30. The van der Waals surface area contributed by atoms with Gasteiger partial charge in [-0.3, -0.25) is 9.59 Å². The van der Waals surface area contributed by atoms with E-state index in [4.69, 9.17) is 0 Å². The number of carbonyl (C=O) groups excluding carboxylic acids is 1. The maximum absolute atomic E-state index is 12.8. The maximum atomic E-state index is 12.8. The lowest BCUT2D eigenvalue weighted by Gasteiger charge is -2.23. The van der Waals surface area contributed by atoms with Crippen molar-refractivity contribution in [1.29, 1.82) is 0 Å². The Morgan fingerprint density at radius 1 is 1.36 bits per heavy atom. The van der Waals surface area contributed by atoms with E-state index in [0.717, 1.165) is 44.5 Å². The minimum absolute atomic E-state index is 0. The second-order valence-electron chi connectivity index (χ2n) is 6.95. The Balaban J connectivity index is 0.00000196. The Morgan fingerprint density at radius 3 is 2.86 bits per heavy atom. The van der Waals surface area contributed by atoms with E-state index in [0.29, 0.717) is 19.0 Å². The summed E-state index contributed by atoms with van der Waals surface area (Å²) in [4.78, 5) is 29.3. The second-order valence-corrected chi connectivity index (χ2v) is 6.95. The Labute approximate surface area is 177 Å². The number of nitrogens with zero attached hydrogens (tertiary/aromatic N) is 3. The standard InChI is InChI=1S/C19H27N5O2.2ClH/c1-15-5-10-24(13-16-4-2-6-20-12-16)19(26)17(15)18(25)22-7-3-9-23-11-8-21-14-23;;/h5,8,10-11,14,16,20H,2-4,6-7,9,12-13H2,1H3,(H,22,25);2*1H. The van der Waals surface area contributed by atoms with Gasteiger partial charge in [0.25, 0.3) is 11.5 Å². The molecule has 9 heteroatoms. The molecule has 1 saturated heterocycles. The van der Waals surface area contributed by atoms with E-state index in [-0.39, 0.29) is 41.8 Å². The van der Waals surface area contributed by atoms with Crippen LogP contribution < -0.4 is 16.2 Å². The van der Waals surface area contributed by atoms with Gasteiger partial charge in [-0.2, -0.15) is 0 Å². The minimum atomic E-state index is -0.283. The number of hydrogen-bond donors (Lipinski definition) is 2. The Kier molecular flexibility index (Phi) is 10.3. The third-order valence-electron chi connectivity index (χ3n) is 4.89. The number of amides is 1. The molecular formula is C19H29Cl2N5O2. The van der Waals surface area contributed by atoms with Gasteiger partial charge in [0.1, 0.15) is 5.56 Å². The highest BCUT2D eigenvalue weighted by Crippen LogP contribution is 2.12. The number of nitrogens with one attached hydrogen (secondary N) is 2. The molecular weight excluding hydrogens is 401 g/mol. The molecule has 156 valence electrons. The molecule has 1 aliphatic rings. The Morgan fingerprint density at radius 2 is 2.18 bits per heavy atom. The van der Waals surface area contributed by atoms with Gasteiger partial charge in [-0.05, 0) is 56.8 Å². The van der Waals surface area contributed by atoms with E-state index < -0.39 is 0 Å². The number of hydrogen-bond acceptors (Lipinski definition) is 4. The predicted molar refractivity (Wildman–Crippen MR) is 115 cm³/mol. The second kappa shape index (κ2) is 11.9. The number of aromatic nitrogens is 3. The molecule has 2 N–H and O–H groups in total. The summed E-state index contributed by atoms with van der Waals surface area (Å²) in [6.45, 7) is 5.76. The highest BCUT2D eigenvalue weighted by Gasteiger charge is 2.18. The van der Waals surface area contributed by atoms with Gasteiger partial charge in [-0.15, -0.1) is 24.8 Å². The topological polar surface area (TPSA) is 81.0 Å². The average molecular weight is 430 g/mol. The van der Waals surface area contributed by atoms with Gasteiger partial charge in [-0.1, -0.05) is 0 Å². The van der Waals surface area contributed by atoms with E-state index in [2.05, 4.69) is 15.6 Å². The first-order valence-electron chi connectivity index (χ1n) is 9.30.